The van der Waals surface area contributed by atoms with E-state index in [-0.39, 0.29) is 17.6 Å². The molecule has 76 valence electrons. The van der Waals surface area contributed by atoms with Gasteiger partial charge in [0.05, 0.1) is 12.5 Å². The summed E-state index contributed by atoms with van der Waals surface area (Å²) in [5.41, 5.74) is 0. The van der Waals surface area contributed by atoms with Crippen LogP contribution in [-0.2, 0) is 20.6 Å². The number of carbonyl (C=O) groups excluding carboxylic acids is 1. The van der Waals surface area contributed by atoms with Crippen molar-refractivity contribution in [1.82, 2.24) is 0 Å². The number of cyclic esters (lactones) is 1. The van der Waals surface area contributed by atoms with Crippen molar-refractivity contribution < 1.29 is 18.3 Å². The fourth-order valence-corrected chi connectivity index (χ4v) is 2.31. The van der Waals surface area contributed by atoms with Crippen molar-refractivity contribution in [3.8, 4) is 0 Å². The molecule has 1 fully saturated rings. The van der Waals surface area contributed by atoms with Crippen molar-refractivity contribution >= 4 is 17.0 Å². The molecule has 0 aromatic rings. The maximum Gasteiger partial charge on any atom is 0.310 e. The molecule has 5 heteroatoms. The van der Waals surface area contributed by atoms with E-state index in [4.69, 9.17) is 4.74 Å². The summed E-state index contributed by atoms with van der Waals surface area (Å²) >= 11 is -2.15. The zero-order chi connectivity index (χ0) is 9.84. The van der Waals surface area contributed by atoms with Crippen LogP contribution in [0, 0.1) is 11.8 Å². The maximum atomic E-state index is 11.1. The van der Waals surface area contributed by atoms with Crippen LogP contribution in [0.3, 0.4) is 0 Å². The number of hydrogen-bond donors (Lipinski definition) is 0. The van der Waals surface area contributed by atoms with E-state index in [1.807, 2.05) is 6.92 Å². The lowest BCUT2D eigenvalue weighted by atomic mass is 9.93. The van der Waals surface area contributed by atoms with Crippen molar-refractivity contribution in [3.05, 3.63) is 0 Å². The van der Waals surface area contributed by atoms with Crippen molar-refractivity contribution in [3.63, 3.8) is 0 Å². The highest BCUT2D eigenvalue weighted by Crippen LogP contribution is 2.26. The second kappa shape index (κ2) is 4.72. The monoisotopic (exact) mass is 205 g/mol. The molecule has 0 aromatic carbocycles. The van der Waals surface area contributed by atoms with E-state index in [0.717, 1.165) is 12.8 Å². The Labute approximate surface area is 79.9 Å². The Hall–Kier alpha value is -0.420. The molecular formula is C8H13O4S-. The first-order valence-corrected chi connectivity index (χ1v) is 5.62. The minimum absolute atomic E-state index is 0.0930. The van der Waals surface area contributed by atoms with Gasteiger partial charge in [-0.05, 0) is 6.42 Å². The molecule has 1 aliphatic heterocycles. The molecule has 13 heavy (non-hydrogen) atoms. The second-order valence-corrected chi connectivity index (χ2v) is 4.20. The zero-order valence-corrected chi connectivity index (χ0v) is 8.34. The average Bonchev–Trinajstić information content (AvgIpc) is 2.36. The molecule has 1 rings (SSSR count). The van der Waals surface area contributed by atoms with Crippen LogP contribution in [0.4, 0.5) is 0 Å². The van der Waals surface area contributed by atoms with Crippen LogP contribution in [0.1, 0.15) is 19.8 Å². The number of rotatable bonds is 4. The Kier molecular flexibility index (Phi) is 3.87. The lowest BCUT2D eigenvalue weighted by Gasteiger charge is -2.15. The topological polar surface area (TPSA) is 66.4 Å². The standard InChI is InChI=1S/C8H14O4S/c1-2-3-6-4-12-8(9)7(6)5-13(10)11/h6-7H,2-5H2,1H3,(H,10,11)/p-1/t6-,7?/m1/s1. The minimum Gasteiger partial charge on any atom is -0.772 e. The van der Waals surface area contributed by atoms with E-state index in [9.17, 15) is 13.6 Å². The molecule has 0 aromatic heterocycles. The molecule has 0 radical (unpaired) electrons. The molecular weight excluding hydrogens is 192 g/mol. The van der Waals surface area contributed by atoms with Gasteiger partial charge >= 0.3 is 5.97 Å². The van der Waals surface area contributed by atoms with Crippen LogP contribution in [0.15, 0.2) is 0 Å². The predicted octanol–water partition coefficient (Wildman–Crippen LogP) is 0.455. The SMILES string of the molecule is CCC[C@@H]1COC(=O)C1CS(=O)[O-]. The maximum absolute atomic E-state index is 11.1. The van der Waals surface area contributed by atoms with Gasteiger partial charge in [-0.2, -0.15) is 0 Å². The first-order chi connectivity index (χ1) is 6.15. The van der Waals surface area contributed by atoms with Crippen LogP contribution >= 0.6 is 0 Å². The van der Waals surface area contributed by atoms with E-state index < -0.39 is 17.0 Å². The van der Waals surface area contributed by atoms with Gasteiger partial charge in [0.2, 0.25) is 0 Å². The van der Waals surface area contributed by atoms with Crippen LogP contribution in [0.2, 0.25) is 0 Å². The van der Waals surface area contributed by atoms with Crippen molar-refractivity contribution in [1.29, 1.82) is 0 Å². The third-order valence-corrected chi connectivity index (χ3v) is 2.92. The molecule has 0 amide bonds. The molecule has 3 atom stereocenters. The molecule has 0 N–H and O–H groups in total. The van der Waals surface area contributed by atoms with Gasteiger partial charge in [0.25, 0.3) is 0 Å². The molecule has 1 saturated heterocycles. The van der Waals surface area contributed by atoms with Gasteiger partial charge < -0.3 is 9.29 Å². The van der Waals surface area contributed by atoms with Crippen LogP contribution < -0.4 is 0 Å². The number of carbonyl (C=O) groups is 1. The quantitative estimate of drug-likeness (QED) is 0.494. The summed E-state index contributed by atoms with van der Waals surface area (Å²) < 4.78 is 25.7. The fourth-order valence-electron chi connectivity index (χ4n) is 1.61. The van der Waals surface area contributed by atoms with Crippen LogP contribution in [-0.4, -0.2) is 27.1 Å². The van der Waals surface area contributed by atoms with E-state index in [1.54, 1.807) is 0 Å². The third-order valence-electron chi connectivity index (χ3n) is 2.29. The summed E-state index contributed by atoms with van der Waals surface area (Å²) in [4.78, 5) is 11.1. The summed E-state index contributed by atoms with van der Waals surface area (Å²) in [5.74, 6) is -0.792. The highest BCUT2D eigenvalue weighted by molar-refractivity contribution is 7.79. The lowest BCUT2D eigenvalue weighted by molar-refractivity contribution is -0.140. The molecule has 0 saturated carbocycles. The van der Waals surface area contributed by atoms with Gasteiger partial charge in [-0.1, -0.05) is 24.4 Å². The van der Waals surface area contributed by atoms with Gasteiger partial charge in [-0.25, -0.2) is 0 Å². The molecule has 0 aliphatic carbocycles. The molecule has 0 bridgehead atoms. The van der Waals surface area contributed by atoms with Crippen molar-refractivity contribution in [2.45, 2.75) is 19.8 Å². The number of hydrogen-bond acceptors (Lipinski definition) is 4. The molecule has 1 aliphatic rings. The van der Waals surface area contributed by atoms with Gasteiger partial charge in [0.1, 0.15) is 0 Å². The number of esters is 1. The Morgan fingerprint density at radius 3 is 2.92 bits per heavy atom. The highest BCUT2D eigenvalue weighted by Gasteiger charge is 2.35. The first kappa shape index (κ1) is 10.7. The average molecular weight is 205 g/mol. The molecule has 2 unspecified atom stereocenters. The lowest BCUT2D eigenvalue weighted by Crippen LogP contribution is -2.22. The van der Waals surface area contributed by atoms with E-state index in [0.29, 0.717) is 6.61 Å². The summed E-state index contributed by atoms with van der Waals surface area (Å²) in [6, 6.07) is 0. The third kappa shape index (κ3) is 2.77. The van der Waals surface area contributed by atoms with Crippen LogP contribution in [0.25, 0.3) is 0 Å². The van der Waals surface area contributed by atoms with Gasteiger partial charge in [0, 0.05) is 11.7 Å². The largest absolute Gasteiger partial charge is 0.772 e. The highest BCUT2D eigenvalue weighted by atomic mass is 32.2. The van der Waals surface area contributed by atoms with Gasteiger partial charge in [0.15, 0.2) is 0 Å². The van der Waals surface area contributed by atoms with Crippen molar-refractivity contribution in [2.24, 2.45) is 11.8 Å². The van der Waals surface area contributed by atoms with Crippen LogP contribution in [0.5, 0.6) is 0 Å². The fraction of sp³-hybridized carbons (Fsp3) is 0.875. The second-order valence-electron chi connectivity index (χ2n) is 3.26. The molecule has 1 heterocycles. The summed E-state index contributed by atoms with van der Waals surface area (Å²) in [7, 11) is 0. The Morgan fingerprint density at radius 1 is 1.69 bits per heavy atom. The van der Waals surface area contributed by atoms with Gasteiger partial charge in [-0.15, -0.1) is 0 Å². The smallest absolute Gasteiger partial charge is 0.310 e. The first-order valence-electron chi connectivity index (χ1n) is 4.37. The summed E-state index contributed by atoms with van der Waals surface area (Å²) in [6.07, 6.45) is 1.80. The van der Waals surface area contributed by atoms with Crippen molar-refractivity contribution in [2.75, 3.05) is 12.4 Å². The number of ether oxygens (including phenoxy) is 1. The van der Waals surface area contributed by atoms with Gasteiger partial charge in [-0.3, -0.25) is 9.00 Å². The molecule has 4 nitrogen and oxygen atoms in total. The Morgan fingerprint density at radius 2 is 2.38 bits per heavy atom. The Bertz CT molecular complexity index is 216. The summed E-state index contributed by atoms with van der Waals surface area (Å²) in [5, 5.41) is 0. The molecule has 0 spiro atoms. The normalized spacial score (nSPS) is 30.2. The van der Waals surface area contributed by atoms with E-state index >= 15 is 0 Å². The zero-order valence-electron chi connectivity index (χ0n) is 7.52. The predicted molar refractivity (Wildman–Crippen MR) is 46.6 cm³/mol. The minimum atomic E-state index is -2.15. The van der Waals surface area contributed by atoms with E-state index in [2.05, 4.69) is 0 Å². The Balaban J connectivity index is 2.54. The van der Waals surface area contributed by atoms with E-state index in [1.165, 1.54) is 0 Å². The summed E-state index contributed by atoms with van der Waals surface area (Å²) in [6.45, 7) is 2.39.